The van der Waals surface area contributed by atoms with Crippen molar-refractivity contribution < 1.29 is 9.90 Å². The summed E-state index contributed by atoms with van der Waals surface area (Å²) in [5, 5.41) is 12.6. The van der Waals surface area contributed by atoms with Crippen molar-refractivity contribution in [3.8, 4) is 0 Å². The number of amides is 1. The van der Waals surface area contributed by atoms with Gasteiger partial charge in [-0.05, 0) is 43.7 Å². The van der Waals surface area contributed by atoms with Gasteiger partial charge in [-0.2, -0.15) is 0 Å². The van der Waals surface area contributed by atoms with Crippen LogP contribution in [0.25, 0.3) is 0 Å². The number of nitrogens with zero attached hydrogens (tertiary/aromatic N) is 1. The van der Waals surface area contributed by atoms with Crippen LogP contribution in [0, 0.1) is 5.92 Å². The van der Waals surface area contributed by atoms with Gasteiger partial charge < -0.3 is 10.4 Å². The number of hydrogen-bond donors (Lipinski definition) is 2. The summed E-state index contributed by atoms with van der Waals surface area (Å²) in [4.78, 5) is 16.2. The number of aliphatic hydroxyl groups excluding tert-OH is 1. The van der Waals surface area contributed by atoms with Gasteiger partial charge >= 0.3 is 0 Å². The molecule has 0 unspecified atom stereocenters. The van der Waals surface area contributed by atoms with E-state index in [1.54, 1.807) is 6.20 Å². The van der Waals surface area contributed by atoms with Gasteiger partial charge in [0.2, 0.25) is 5.91 Å². The quantitative estimate of drug-likeness (QED) is 0.868. The van der Waals surface area contributed by atoms with E-state index in [4.69, 9.17) is 0 Å². The van der Waals surface area contributed by atoms with Crippen LogP contribution in [-0.2, 0) is 11.2 Å². The largest absolute Gasteiger partial charge is 0.394 e. The van der Waals surface area contributed by atoms with Crippen LogP contribution in [0.2, 0.25) is 0 Å². The number of carbonyl (C=O) groups is 1. The Bertz CT molecular complexity index is 411. The molecule has 4 heteroatoms. The van der Waals surface area contributed by atoms with Crippen molar-refractivity contribution in [2.24, 2.45) is 5.92 Å². The van der Waals surface area contributed by atoms with Crippen molar-refractivity contribution in [2.45, 2.75) is 44.6 Å². The van der Waals surface area contributed by atoms with E-state index >= 15 is 0 Å². The van der Waals surface area contributed by atoms with Gasteiger partial charge in [0.15, 0.2) is 0 Å². The maximum atomic E-state index is 12.1. The lowest BCUT2D eigenvalue weighted by molar-refractivity contribution is -0.123. The lowest BCUT2D eigenvalue weighted by Crippen LogP contribution is -2.53. The third-order valence-electron chi connectivity index (χ3n) is 4.01. The van der Waals surface area contributed by atoms with Crippen LogP contribution in [0.1, 0.15) is 38.3 Å². The zero-order valence-corrected chi connectivity index (χ0v) is 11.4. The summed E-state index contributed by atoms with van der Waals surface area (Å²) in [5.41, 5.74) is 0.343. The minimum absolute atomic E-state index is 0.0215. The van der Waals surface area contributed by atoms with Crippen molar-refractivity contribution in [1.82, 2.24) is 10.3 Å². The number of rotatable bonds is 4. The van der Waals surface area contributed by atoms with Gasteiger partial charge in [0, 0.05) is 11.9 Å². The Morgan fingerprint density at radius 2 is 2.21 bits per heavy atom. The molecule has 0 bridgehead atoms. The summed E-state index contributed by atoms with van der Waals surface area (Å²) >= 11 is 0. The number of aromatic nitrogens is 1. The van der Waals surface area contributed by atoms with Gasteiger partial charge in [-0.15, -0.1) is 0 Å². The van der Waals surface area contributed by atoms with E-state index in [1.165, 1.54) is 0 Å². The highest BCUT2D eigenvalue weighted by molar-refractivity contribution is 5.79. The SMILES string of the molecule is CC1CCC(CO)(NC(=O)Cc2ccccn2)CC1. The molecule has 1 amide bonds. The number of nitrogens with one attached hydrogen (secondary N) is 1. The molecule has 19 heavy (non-hydrogen) atoms. The Kier molecular flexibility index (Phi) is 4.53. The maximum absolute atomic E-state index is 12.1. The molecule has 1 aliphatic carbocycles. The first kappa shape index (κ1) is 14.0. The highest BCUT2D eigenvalue weighted by Crippen LogP contribution is 2.31. The fraction of sp³-hybridized carbons (Fsp3) is 0.600. The summed E-state index contributed by atoms with van der Waals surface area (Å²) < 4.78 is 0. The standard InChI is InChI=1S/C15H22N2O2/c1-12-5-7-15(11-18,8-6-12)17-14(19)10-13-4-2-3-9-16-13/h2-4,9,12,18H,5-8,10-11H2,1H3,(H,17,19). The zero-order valence-electron chi connectivity index (χ0n) is 11.4. The predicted octanol–water partition coefficient (Wildman–Crippen LogP) is 1.68. The number of aliphatic hydroxyl groups is 1. The van der Waals surface area contributed by atoms with Crippen LogP contribution in [0.4, 0.5) is 0 Å². The van der Waals surface area contributed by atoms with E-state index in [0.29, 0.717) is 5.92 Å². The molecular formula is C15H22N2O2. The van der Waals surface area contributed by atoms with Crippen LogP contribution in [0.15, 0.2) is 24.4 Å². The van der Waals surface area contributed by atoms with Gasteiger partial charge in [-0.25, -0.2) is 0 Å². The predicted molar refractivity (Wildman–Crippen MR) is 73.5 cm³/mol. The molecule has 1 aliphatic rings. The van der Waals surface area contributed by atoms with Crippen molar-refractivity contribution in [3.05, 3.63) is 30.1 Å². The number of carbonyl (C=O) groups excluding carboxylic acids is 1. The van der Waals surface area contributed by atoms with E-state index in [9.17, 15) is 9.90 Å². The fourth-order valence-electron chi connectivity index (χ4n) is 2.64. The molecule has 1 aromatic heterocycles. The number of pyridine rings is 1. The molecule has 0 spiro atoms. The Hall–Kier alpha value is -1.42. The third kappa shape index (κ3) is 3.77. The third-order valence-corrected chi connectivity index (χ3v) is 4.01. The number of hydrogen-bond acceptors (Lipinski definition) is 3. The Morgan fingerprint density at radius 3 is 2.79 bits per heavy atom. The summed E-state index contributed by atoms with van der Waals surface area (Å²) in [5.74, 6) is 0.634. The highest BCUT2D eigenvalue weighted by atomic mass is 16.3. The molecule has 2 rings (SSSR count). The average Bonchev–Trinajstić information content (AvgIpc) is 2.43. The first-order valence-corrected chi connectivity index (χ1v) is 6.95. The summed E-state index contributed by atoms with van der Waals surface area (Å²) in [6, 6.07) is 5.55. The van der Waals surface area contributed by atoms with Crippen LogP contribution >= 0.6 is 0 Å². The molecule has 2 N–H and O–H groups in total. The van der Waals surface area contributed by atoms with E-state index in [-0.39, 0.29) is 18.9 Å². The summed E-state index contributed by atoms with van der Waals surface area (Å²) in [6.45, 7) is 2.24. The molecular weight excluding hydrogens is 240 g/mol. The second kappa shape index (κ2) is 6.15. The van der Waals surface area contributed by atoms with E-state index in [2.05, 4.69) is 17.2 Å². The minimum atomic E-state index is -0.418. The average molecular weight is 262 g/mol. The monoisotopic (exact) mass is 262 g/mol. The Labute approximate surface area is 114 Å². The van der Waals surface area contributed by atoms with Crippen molar-refractivity contribution in [3.63, 3.8) is 0 Å². The molecule has 0 saturated heterocycles. The molecule has 1 fully saturated rings. The summed E-state index contributed by atoms with van der Waals surface area (Å²) in [7, 11) is 0. The first-order chi connectivity index (χ1) is 9.13. The molecule has 1 aromatic rings. The molecule has 4 nitrogen and oxygen atoms in total. The first-order valence-electron chi connectivity index (χ1n) is 6.95. The molecule has 0 atom stereocenters. The fourth-order valence-corrected chi connectivity index (χ4v) is 2.64. The van der Waals surface area contributed by atoms with Crippen molar-refractivity contribution in [2.75, 3.05) is 6.61 Å². The van der Waals surface area contributed by atoms with Crippen molar-refractivity contribution >= 4 is 5.91 Å². The Balaban J connectivity index is 1.93. The van der Waals surface area contributed by atoms with Gasteiger partial charge in [0.1, 0.15) is 0 Å². The van der Waals surface area contributed by atoms with Gasteiger partial charge in [0.25, 0.3) is 0 Å². The second-order valence-electron chi connectivity index (χ2n) is 5.67. The second-order valence-corrected chi connectivity index (χ2v) is 5.67. The topological polar surface area (TPSA) is 62.2 Å². The van der Waals surface area contributed by atoms with Crippen LogP contribution in [0.3, 0.4) is 0 Å². The van der Waals surface area contributed by atoms with E-state index in [0.717, 1.165) is 31.4 Å². The molecule has 0 aliphatic heterocycles. The van der Waals surface area contributed by atoms with Crippen LogP contribution in [0.5, 0.6) is 0 Å². The molecule has 1 saturated carbocycles. The molecule has 0 aromatic carbocycles. The maximum Gasteiger partial charge on any atom is 0.226 e. The lowest BCUT2D eigenvalue weighted by atomic mass is 9.77. The molecule has 0 radical (unpaired) electrons. The minimum Gasteiger partial charge on any atom is -0.394 e. The molecule has 1 heterocycles. The smallest absolute Gasteiger partial charge is 0.226 e. The van der Waals surface area contributed by atoms with Crippen LogP contribution in [-0.4, -0.2) is 28.1 Å². The Morgan fingerprint density at radius 1 is 1.47 bits per heavy atom. The molecule has 104 valence electrons. The van der Waals surface area contributed by atoms with E-state index in [1.807, 2.05) is 18.2 Å². The highest BCUT2D eigenvalue weighted by Gasteiger charge is 2.34. The van der Waals surface area contributed by atoms with Gasteiger partial charge in [-0.1, -0.05) is 13.0 Å². The summed E-state index contributed by atoms with van der Waals surface area (Å²) in [6.07, 6.45) is 5.80. The van der Waals surface area contributed by atoms with Crippen LogP contribution < -0.4 is 5.32 Å². The van der Waals surface area contributed by atoms with E-state index < -0.39 is 5.54 Å². The normalized spacial score (nSPS) is 26.9. The zero-order chi connectivity index (χ0) is 13.7. The van der Waals surface area contributed by atoms with Crippen molar-refractivity contribution in [1.29, 1.82) is 0 Å². The van der Waals surface area contributed by atoms with Gasteiger partial charge in [-0.3, -0.25) is 9.78 Å². The lowest BCUT2D eigenvalue weighted by Gasteiger charge is -2.38. The van der Waals surface area contributed by atoms with Gasteiger partial charge in [0.05, 0.1) is 18.6 Å².